The van der Waals surface area contributed by atoms with E-state index in [2.05, 4.69) is 34.2 Å². The van der Waals surface area contributed by atoms with Crippen molar-refractivity contribution in [1.29, 1.82) is 0 Å². The van der Waals surface area contributed by atoms with E-state index in [1.54, 1.807) is 17.8 Å². The molecule has 1 aliphatic carbocycles. The van der Waals surface area contributed by atoms with Gasteiger partial charge in [-0.25, -0.2) is 9.97 Å². The molecule has 1 unspecified atom stereocenters. The van der Waals surface area contributed by atoms with E-state index in [-0.39, 0.29) is 0 Å². The fourth-order valence-corrected chi connectivity index (χ4v) is 3.34. The minimum atomic E-state index is 0.555. The summed E-state index contributed by atoms with van der Waals surface area (Å²) in [6.45, 7) is 1.95. The normalized spacial score (nSPS) is 17.1. The standard InChI is InChI=1S/C14H15N3S/c1-9-6-13(15)17-14(16-9)18-8-11-7-10-4-2-3-5-12(10)11/h2-6,11H,7-8H2,1H3,(H2,15,16,17). The molecule has 2 N–H and O–H groups in total. The van der Waals surface area contributed by atoms with Crippen molar-refractivity contribution in [2.75, 3.05) is 11.5 Å². The van der Waals surface area contributed by atoms with Gasteiger partial charge in [-0.3, -0.25) is 0 Å². The quantitative estimate of drug-likeness (QED) is 0.678. The van der Waals surface area contributed by atoms with Crippen LogP contribution in [0.4, 0.5) is 5.82 Å². The number of aryl methyl sites for hydroxylation is 1. The third kappa shape index (κ3) is 2.20. The van der Waals surface area contributed by atoms with E-state index < -0.39 is 0 Å². The van der Waals surface area contributed by atoms with Crippen LogP contribution in [0.25, 0.3) is 0 Å². The Kier molecular flexibility index (Phi) is 2.96. The van der Waals surface area contributed by atoms with E-state index >= 15 is 0 Å². The molecular weight excluding hydrogens is 242 g/mol. The van der Waals surface area contributed by atoms with Gasteiger partial charge < -0.3 is 5.73 Å². The molecule has 0 spiro atoms. The van der Waals surface area contributed by atoms with Crippen LogP contribution in [-0.2, 0) is 6.42 Å². The van der Waals surface area contributed by atoms with Gasteiger partial charge in [0.25, 0.3) is 0 Å². The molecule has 2 aromatic rings. The van der Waals surface area contributed by atoms with Gasteiger partial charge in [-0.05, 0) is 30.4 Å². The predicted molar refractivity (Wildman–Crippen MR) is 74.8 cm³/mol. The maximum Gasteiger partial charge on any atom is 0.189 e. The highest BCUT2D eigenvalue weighted by Crippen LogP contribution is 2.38. The fourth-order valence-electron chi connectivity index (χ4n) is 2.32. The summed E-state index contributed by atoms with van der Waals surface area (Å²) in [4.78, 5) is 8.64. The van der Waals surface area contributed by atoms with Crippen LogP contribution in [0.15, 0.2) is 35.5 Å². The molecule has 0 aliphatic heterocycles. The number of nitrogens with two attached hydrogens (primary N) is 1. The molecule has 3 nitrogen and oxygen atoms in total. The molecule has 0 radical (unpaired) electrons. The molecule has 0 saturated carbocycles. The van der Waals surface area contributed by atoms with Crippen LogP contribution in [0, 0.1) is 6.92 Å². The third-order valence-corrected chi connectivity index (χ3v) is 4.24. The molecule has 1 heterocycles. The Hall–Kier alpha value is -1.55. The number of rotatable bonds is 3. The summed E-state index contributed by atoms with van der Waals surface area (Å²) < 4.78 is 0. The monoisotopic (exact) mass is 257 g/mol. The van der Waals surface area contributed by atoms with E-state index in [1.165, 1.54) is 17.5 Å². The van der Waals surface area contributed by atoms with Gasteiger partial charge >= 0.3 is 0 Å². The minimum Gasteiger partial charge on any atom is -0.384 e. The largest absolute Gasteiger partial charge is 0.384 e. The molecule has 1 aromatic heterocycles. The van der Waals surface area contributed by atoms with Crippen LogP contribution in [0.1, 0.15) is 22.7 Å². The first-order valence-corrected chi connectivity index (χ1v) is 7.02. The van der Waals surface area contributed by atoms with Gasteiger partial charge in [0.05, 0.1) is 0 Å². The maximum absolute atomic E-state index is 5.72. The summed E-state index contributed by atoms with van der Waals surface area (Å²) in [6.07, 6.45) is 1.17. The second kappa shape index (κ2) is 4.61. The Morgan fingerprint density at radius 2 is 2.17 bits per heavy atom. The fraction of sp³-hybridized carbons (Fsp3) is 0.286. The molecule has 1 atom stereocenters. The zero-order valence-electron chi connectivity index (χ0n) is 10.3. The van der Waals surface area contributed by atoms with Crippen LogP contribution in [0.2, 0.25) is 0 Å². The van der Waals surface area contributed by atoms with Gasteiger partial charge in [0, 0.05) is 17.5 Å². The zero-order chi connectivity index (χ0) is 12.5. The van der Waals surface area contributed by atoms with Gasteiger partial charge in [-0.1, -0.05) is 36.0 Å². The first-order chi connectivity index (χ1) is 8.72. The molecule has 18 heavy (non-hydrogen) atoms. The second-order valence-corrected chi connectivity index (χ2v) is 5.61. The molecule has 0 fully saturated rings. The number of hydrogen-bond acceptors (Lipinski definition) is 4. The van der Waals surface area contributed by atoms with Crippen molar-refractivity contribution in [3.05, 3.63) is 47.2 Å². The smallest absolute Gasteiger partial charge is 0.189 e. The number of thioether (sulfide) groups is 1. The van der Waals surface area contributed by atoms with E-state index in [9.17, 15) is 0 Å². The third-order valence-electron chi connectivity index (χ3n) is 3.23. The minimum absolute atomic E-state index is 0.555. The molecule has 1 aliphatic rings. The van der Waals surface area contributed by atoms with Crippen molar-refractivity contribution in [3.8, 4) is 0 Å². The van der Waals surface area contributed by atoms with Crippen molar-refractivity contribution in [2.24, 2.45) is 0 Å². The van der Waals surface area contributed by atoms with Crippen LogP contribution < -0.4 is 5.73 Å². The highest BCUT2D eigenvalue weighted by Gasteiger charge is 2.25. The lowest BCUT2D eigenvalue weighted by atomic mass is 9.79. The van der Waals surface area contributed by atoms with Crippen molar-refractivity contribution in [2.45, 2.75) is 24.4 Å². The summed E-state index contributed by atoms with van der Waals surface area (Å²) in [5.41, 5.74) is 9.61. The van der Waals surface area contributed by atoms with Gasteiger partial charge in [0.2, 0.25) is 0 Å². The summed E-state index contributed by atoms with van der Waals surface area (Å²) in [6, 6.07) is 10.4. The number of fused-ring (bicyclic) bond motifs is 1. The average Bonchev–Trinajstić information content (AvgIpc) is 2.29. The highest BCUT2D eigenvalue weighted by atomic mass is 32.2. The number of benzene rings is 1. The number of anilines is 1. The van der Waals surface area contributed by atoms with E-state index in [4.69, 9.17) is 5.73 Å². The van der Waals surface area contributed by atoms with Gasteiger partial charge in [0.15, 0.2) is 5.16 Å². The molecule has 0 bridgehead atoms. The lowest BCUT2D eigenvalue weighted by Gasteiger charge is -2.29. The number of hydrogen-bond donors (Lipinski definition) is 1. The Morgan fingerprint density at radius 3 is 2.94 bits per heavy atom. The van der Waals surface area contributed by atoms with Crippen LogP contribution >= 0.6 is 11.8 Å². The molecule has 3 rings (SSSR count). The Morgan fingerprint density at radius 1 is 1.33 bits per heavy atom. The summed E-state index contributed by atoms with van der Waals surface area (Å²) in [5, 5.41) is 0.789. The van der Waals surface area contributed by atoms with E-state index in [0.29, 0.717) is 11.7 Å². The van der Waals surface area contributed by atoms with Crippen molar-refractivity contribution >= 4 is 17.6 Å². The van der Waals surface area contributed by atoms with E-state index in [0.717, 1.165) is 16.6 Å². The Bertz CT molecular complexity index is 563. The molecule has 0 amide bonds. The lowest BCUT2D eigenvalue weighted by Crippen LogP contribution is -2.18. The number of nitrogen functional groups attached to an aromatic ring is 1. The van der Waals surface area contributed by atoms with E-state index in [1.807, 2.05) is 6.92 Å². The van der Waals surface area contributed by atoms with Gasteiger partial charge in [-0.15, -0.1) is 0 Å². The lowest BCUT2D eigenvalue weighted by molar-refractivity contribution is 0.676. The summed E-state index contributed by atoms with van der Waals surface area (Å²) in [5.74, 6) is 2.22. The zero-order valence-corrected chi connectivity index (χ0v) is 11.1. The van der Waals surface area contributed by atoms with Crippen LogP contribution in [-0.4, -0.2) is 15.7 Å². The molecule has 92 valence electrons. The second-order valence-electron chi connectivity index (χ2n) is 4.63. The van der Waals surface area contributed by atoms with Gasteiger partial charge in [-0.2, -0.15) is 0 Å². The summed E-state index contributed by atoms with van der Waals surface area (Å²) in [7, 11) is 0. The highest BCUT2D eigenvalue weighted by molar-refractivity contribution is 7.99. The Balaban J connectivity index is 1.66. The predicted octanol–water partition coefficient (Wildman–Crippen LogP) is 2.80. The first kappa shape index (κ1) is 11.5. The van der Waals surface area contributed by atoms with Crippen molar-refractivity contribution < 1.29 is 0 Å². The molecule has 0 saturated heterocycles. The van der Waals surface area contributed by atoms with Crippen molar-refractivity contribution in [3.63, 3.8) is 0 Å². The van der Waals surface area contributed by atoms with Crippen LogP contribution in [0.5, 0.6) is 0 Å². The first-order valence-electron chi connectivity index (χ1n) is 6.04. The molecule has 4 heteroatoms. The average molecular weight is 257 g/mol. The van der Waals surface area contributed by atoms with Crippen LogP contribution in [0.3, 0.4) is 0 Å². The van der Waals surface area contributed by atoms with Crippen molar-refractivity contribution in [1.82, 2.24) is 9.97 Å². The summed E-state index contributed by atoms with van der Waals surface area (Å²) >= 11 is 1.69. The maximum atomic E-state index is 5.72. The molecular formula is C14H15N3S. The Labute approximate surface area is 111 Å². The molecule has 1 aromatic carbocycles. The number of aromatic nitrogens is 2. The van der Waals surface area contributed by atoms with Gasteiger partial charge in [0.1, 0.15) is 5.82 Å². The SMILES string of the molecule is Cc1cc(N)nc(SCC2Cc3ccccc32)n1. The topological polar surface area (TPSA) is 51.8 Å². The number of nitrogens with zero attached hydrogens (tertiary/aromatic N) is 2.